The maximum absolute atomic E-state index is 15.2. The van der Waals surface area contributed by atoms with Crippen molar-refractivity contribution < 1.29 is 18.7 Å². The van der Waals surface area contributed by atoms with Crippen LogP contribution in [0.2, 0.25) is 0 Å². The molecule has 1 aliphatic heterocycles. The molecule has 0 spiro atoms. The van der Waals surface area contributed by atoms with E-state index in [9.17, 15) is 9.59 Å². The van der Waals surface area contributed by atoms with Crippen LogP contribution in [-0.4, -0.2) is 41.8 Å². The van der Waals surface area contributed by atoms with E-state index < -0.39 is 17.8 Å². The number of allylic oxidation sites excluding steroid dienone is 1. The second-order valence-corrected chi connectivity index (χ2v) is 9.41. The molecule has 1 atom stereocenters. The number of nitrogens with zero attached hydrogens (tertiary/aromatic N) is 2. The van der Waals surface area contributed by atoms with Gasteiger partial charge in [0.05, 0.1) is 12.6 Å². The van der Waals surface area contributed by atoms with E-state index >= 15 is 4.39 Å². The topological polar surface area (TPSA) is 97.5 Å². The van der Waals surface area contributed by atoms with E-state index in [0.29, 0.717) is 36.5 Å². The third kappa shape index (κ3) is 5.11. The fourth-order valence-corrected chi connectivity index (χ4v) is 5.11. The number of aromatic nitrogens is 1. The summed E-state index contributed by atoms with van der Waals surface area (Å²) in [5.74, 6) is -0.630. The van der Waals surface area contributed by atoms with Crippen LogP contribution in [0.15, 0.2) is 90.3 Å². The predicted octanol–water partition coefficient (Wildman–Crippen LogP) is 4.77. The van der Waals surface area contributed by atoms with Crippen LogP contribution in [0.4, 0.5) is 10.1 Å². The number of ether oxygens (including phenoxy) is 1. The second-order valence-electron chi connectivity index (χ2n) is 9.41. The number of benzene rings is 3. The lowest BCUT2D eigenvalue weighted by molar-refractivity contribution is -0.121. The number of rotatable bonds is 8. The highest BCUT2D eigenvalue weighted by Gasteiger charge is 2.41. The number of hydrogen-bond donors (Lipinski definition) is 2. The first-order valence-electron chi connectivity index (χ1n) is 12.7. The average Bonchev–Trinajstić information content (AvgIpc) is 3.19. The molecule has 5 rings (SSSR count). The minimum absolute atomic E-state index is 0.0560. The lowest BCUT2D eigenvalue weighted by atomic mass is 9.99. The first-order chi connectivity index (χ1) is 18.9. The minimum atomic E-state index is -0.621. The maximum atomic E-state index is 15.2. The molecule has 7 nitrogen and oxygen atoms in total. The maximum Gasteiger partial charge on any atom is 0.261 e. The van der Waals surface area contributed by atoms with Gasteiger partial charge in [-0.25, -0.2) is 4.39 Å². The molecule has 8 heteroatoms. The van der Waals surface area contributed by atoms with Crippen molar-refractivity contribution in [1.82, 2.24) is 9.88 Å². The normalized spacial score (nSPS) is 15.2. The number of nitrogens with two attached hydrogens (primary N) is 1. The van der Waals surface area contributed by atoms with Crippen molar-refractivity contribution in [3.8, 4) is 5.75 Å². The molecule has 3 N–H and O–H groups in total. The van der Waals surface area contributed by atoms with Gasteiger partial charge in [0.1, 0.15) is 23.2 Å². The van der Waals surface area contributed by atoms with Gasteiger partial charge in [0, 0.05) is 48.5 Å². The summed E-state index contributed by atoms with van der Waals surface area (Å²) >= 11 is 0. The molecular weight excluding hydrogens is 495 g/mol. The number of anilines is 1. The number of hydrogen-bond acceptors (Lipinski definition) is 6. The summed E-state index contributed by atoms with van der Waals surface area (Å²) in [7, 11) is 1.60. The molecule has 0 saturated carbocycles. The first kappa shape index (κ1) is 26.1. The number of methoxy groups -OCH3 is 1. The summed E-state index contributed by atoms with van der Waals surface area (Å²) in [6.07, 6.45) is 2.04. The molecule has 3 aromatic carbocycles. The predicted molar refractivity (Wildman–Crippen MR) is 149 cm³/mol. The van der Waals surface area contributed by atoms with Crippen LogP contribution in [0.3, 0.4) is 0 Å². The highest BCUT2D eigenvalue weighted by molar-refractivity contribution is 6.26. The molecule has 4 aromatic rings. The molecule has 39 heavy (non-hydrogen) atoms. The van der Waals surface area contributed by atoms with E-state index in [0.717, 1.165) is 22.0 Å². The first-order valence-corrected chi connectivity index (χ1v) is 12.7. The van der Waals surface area contributed by atoms with Crippen molar-refractivity contribution in [3.05, 3.63) is 113 Å². The van der Waals surface area contributed by atoms with Crippen molar-refractivity contribution in [2.45, 2.75) is 19.4 Å². The standard InChI is InChI=1S/C31H29FN4O3/c1-19-28(30(37)29(36(19)15-13-33)20-6-4-3-5-7-20)31(38)35-23-9-8-22(26(32)17-23)16-21-12-14-34-27-18-24(39-2)10-11-25(21)27/h3-12,14,17-18,29H,13,15-16,33H2,1-2H3,(H,35,38). The molecule has 0 radical (unpaired) electrons. The quantitative estimate of drug-likeness (QED) is 0.322. The second kappa shape index (κ2) is 11.0. The largest absolute Gasteiger partial charge is 0.497 e. The van der Waals surface area contributed by atoms with E-state index in [1.807, 2.05) is 59.5 Å². The summed E-state index contributed by atoms with van der Waals surface area (Å²) in [5.41, 5.74) is 9.62. The number of ketones is 1. The molecule has 0 bridgehead atoms. The van der Waals surface area contributed by atoms with Gasteiger partial charge in [-0.3, -0.25) is 14.6 Å². The number of pyridine rings is 1. The summed E-state index contributed by atoms with van der Waals surface area (Å²) in [6.45, 7) is 2.49. The number of carbonyl (C=O) groups is 2. The van der Waals surface area contributed by atoms with Crippen LogP contribution in [0.5, 0.6) is 5.75 Å². The lowest BCUT2D eigenvalue weighted by Gasteiger charge is -2.27. The molecule has 1 unspecified atom stereocenters. The molecule has 0 saturated heterocycles. The molecule has 1 amide bonds. The van der Waals surface area contributed by atoms with E-state index in [2.05, 4.69) is 10.3 Å². The zero-order valence-corrected chi connectivity index (χ0v) is 21.8. The summed E-state index contributed by atoms with van der Waals surface area (Å²) < 4.78 is 20.5. The Morgan fingerprint density at radius 2 is 1.87 bits per heavy atom. The lowest BCUT2D eigenvalue weighted by Crippen LogP contribution is -2.31. The van der Waals surface area contributed by atoms with Crippen molar-refractivity contribution >= 4 is 28.3 Å². The van der Waals surface area contributed by atoms with Crippen molar-refractivity contribution in [3.63, 3.8) is 0 Å². The molecule has 1 aromatic heterocycles. The number of halogens is 1. The van der Waals surface area contributed by atoms with Crippen LogP contribution in [0.25, 0.3) is 10.9 Å². The van der Waals surface area contributed by atoms with Gasteiger partial charge in [-0.15, -0.1) is 0 Å². The highest BCUT2D eigenvalue weighted by Crippen LogP contribution is 2.36. The van der Waals surface area contributed by atoms with Crippen molar-refractivity contribution in [2.24, 2.45) is 5.73 Å². The van der Waals surface area contributed by atoms with Crippen molar-refractivity contribution in [2.75, 3.05) is 25.5 Å². The summed E-state index contributed by atoms with van der Waals surface area (Å²) in [4.78, 5) is 32.9. The Morgan fingerprint density at radius 3 is 2.59 bits per heavy atom. The zero-order chi connectivity index (χ0) is 27.5. The van der Waals surface area contributed by atoms with E-state index in [-0.39, 0.29) is 17.0 Å². The minimum Gasteiger partial charge on any atom is -0.497 e. The SMILES string of the molecule is COc1ccc2c(Cc3ccc(NC(=O)C4=C(C)N(CCN)C(c5ccccc5)C4=O)cc3F)ccnc2c1. The van der Waals surface area contributed by atoms with Gasteiger partial charge in [0.2, 0.25) is 0 Å². The summed E-state index contributed by atoms with van der Waals surface area (Å²) in [5, 5.41) is 3.62. The molecule has 2 heterocycles. The third-order valence-corrected chi connectivity index (χ3v) is 7.04. The Labute approximate surface area is 226 Å². The van der Waals surface area contributed by atoms with E-state index in [1.54, 1.807) is 32.4 Å². The van der Waals surface area contributed by atoms with E-state index in [1.165, 1.54) is 6.07 Å². The molecular formula is C31H29FN4O3. The van der Waals surface area contributed by atoms with Gasteiger partial charge < -0.3 is 20.7 Å². The highest BCUT2D eigenvalue weighted by atomic mass is 19.1. The monoisotopic (exact) mass is 524 g/mol. The molecule has 0 aliphatic carbocycles. The Morgan fingerprint density at radius 1 is 1.08 bits per heavy atom. The van der Waals surface area contributed by atoms with Gasteiger partial charge in [0.15, 0.2) is 5.78 Å². The fourth-order valence-electron chi connectivity index (χ4n) is 5.11. The molecule has 198 valence electrons. The van der Waals surface area contributed by atoms with Crippen LogP contribution in [-0.2, 0) is 16.0 Å². The number of fused-ring (bicyclic) bond motifs is 1. The van der Waals surface area contributed by atoms with Gasteiger partial charge in [-0.05, 0) is 53.9 Å². The van der Waals surface area contributed by atoms with Gasteiger partial charge in [-0.2, -0.15) is 0 Å². The van der Waals surface area contributed by atoms with Crippen LogP contribution < -0.4 is 15.8 Å². The molecule has 1 aliphatic rings. The van der Waals surface area contributed by atoms with Crippen LogP contribution >= 0.6 is 0 Å². The number of amides is 1. The Bertz CT molecular complexity index is 1590. The number of nitrogens with one attached hydrogen (secondary N) is 1. The van der Waals surface area contributed by atoms with Gasteiger partial charge >= 0.3 is 0 Å². The Hall–Kier alpha value is -4.56. The average molecular weight is 525 g/mol. The fraction of sp³-hybridized carbons (Fsp3) is 0.194. The smallest absolute Gasteiger partial charge is 0.261 e. The Kier molecular flexibility index (Phi) is 7.38. The van der Waals surface area contributed by atoms with Crippen molar-refractivity contribution in [1.29, 1.82) is 0 Å². The Balaban J connectivity index is 1.36. The zero-order valence-electron chi connectivity index (χ0n) is 21.8. The third-order valence-electron chi connectivity index (χ3n) is 7.04. The van der Waals surface area contributed by atoms with Crippen LogP contribution in [0.1, 0.15) is 29.7 Å². The number of carbonyl (C=O) groups excluding carboxylic acids is 2. The summed E-state index contributed by atoms with van der Waals surface area (Å²) in [6, 6.07) is 20.7. The van der Waals surface area contributed by atoms with Gasteiger partial charge in [0.25, 0.3) is 5.91 Å². The number of Topliss-reactive ketones (excluding diaryl/α,β-unsaturated/α-hetero) is 1. The molecule has 0 fully saturated rings. The van der Waals surface area contributed by atoms with E-state index in [4.69, 9.17) is 10.5 Å². The van der Waals surface area contributed by atoms with Gasteiger partial charge in [-0.1, -0.05) is 36.4 Å². The van der Waals surface area contributed by atoms with Crippen LogP contribution in [0, 0.1) is 5.82 Å².